The lowest BCUT2D eigenvalue weighted by atomic mass is 9.96. The summed E-state index contributed by atoms with van der Waals surface area (Å²) in [6, 6.07) is 2.38. The number of halogens is 1. The molecule has 1 aliphatic rings. The number of aromatic nitrogens is 1. The first-order valence-corrected chi connectivity index (χ1v) is 8.19. The Balaban J connectivity index is 1.97. The van der Waals surface area contributed by atoms with Crippen LogP contribution in [0.3, 0.4) is 0 Å². The maximum Gasteiger partial charge on any atom is 0.138 e. The van der Waals surface area contributed by atoms with E-state index >= 15 is 0 Å². The molecule has 1 unspecified atom stereocenters. The summed E-state index contributed by atoms with van der Waals surface area (Å²) < 4.78 is 5.81. The number of hydrogen-bond acceptors (Lipinski definition) is 3. The van der Waals surface area contributed by atoms with Gasteiger partial charge in [-0.1, -0.05) is 56.7 Å². The minimum atomic E-state index is 0.172. The molecule has 1 N–H and O–H groups in total. The number of rotatable bonds is 5. The Morgan fingerprint density at radius 3 is 2.91 bits per heavy atom. The van der Waals surface area contributed by atoms with Crippen LogP contribution in [0.1, 0.15) is 39.2 Å². The van der Waals surface area contributed by atoms with Crippen LogP contribution in [0.2, 0.25) is 5.15 Å². The van der Waals surface area contributed by atoms with Crippen molar-refractivity contribution >= 4 is 17.7 Å². The molecule has 0 aromatic carbocycles. The van der Waals surface area contributed by atoms with Gasteiger partial charge >= 0.3 is 0 Å². The third kappa shape index (κ3) is 5.82. The number of hydrogen-bond donors (Lipinski definition) is 1. The first-order valence-electron chi connectivity index (χ1n) is 7.82. The highest BCUT2D eigenvalue weighted by Gasteiger charge is 2.14. The van der Waals surface area contributed by atoms with Gasteiger partial charge in [0.2, 0.25) is 0 Å². The van der Waals surface area contributed by atoms with Crippen molar-refractivity contribution in [3.05, 3.63) is 41.2 Å². The molecule has 1 fully saturated rings. The summed E-state index contributed by atoms with van der Waals surface area (Å²) in [5, 5.41) is 3.91. The number of nitrogens with one attached hydrogen (secondary N) is 1. The molecule has 0 amide bonds. The van der Waals surface area contributed by atoms with E-state index in [1.54, 1.807) is 6.20 Å². The summed E-state index contributed by atoms with van der Waals surface area (Å²) in [7, 11) is 0. The Morgan fingerprint density at radius 1 is 1.41 bits per heavy atom. The van der Waals surface area contributed by atoms with Crippen LogP contribution in [0.15, 0.2) is 30.5 Å². The second-order valence-electron chi connectivity index (χ2n) is 6.74. The molecule has 1 aromatic rings. The molecule has 3 nitrogen and oxygen atoms in total. The van der Waals surface area contributed by atoms with E-state index in [0.717, 1.165) is 17.9 Å². The highest BCUT2D eigenvalue weighted by molar-refractivity contribution is 6.30. The standard InChI is InChI=1S/C18H25ClN2O/c1-18(2,3)9-5-4-7-14-11-16(12-21-17(14)19)22-13-15-8-6-10-20-15/h4-5,7,9,11-12,15,20H,6,8,10,13H2,1-3H3. The Bertz CT molecular complexity index is 541. The highest BCUT2D eigenvalue weighted by atomic mass is 35.5. The van der Waals surface area contributed by atoms with Crippen molar-refractivity contribution in [2.24, 2.45) is 5.41 Å². The summed E-state index contributed by atoms with van der Waals surface area (Å²) in [6.45, 7) is 8.25. The van der Waals surface area contributed by atoms with E-state index in [0.29, 0.717) is 17.8 Å². The van der Waals surface area contributed by atoms with Crippen LogP contribution in [0.25, 0.3) is 6.08 Å². The molecule has 1 atom stereocenters. The molecule has 0 spiro atoms. The molecule has 4 heteroatoms. The summed E-state index contributed by atoms with van der Waals surface area (Å²) in [4.78, 5) is 4.20. The average molecular weight is 321 g/mol. The predicted molar refractivity (Wildman–Crippen MR) is 93.4 cm³/mol. The lowest BCUT2D eigenvalue weighted by molar-refractivity contribution is 0.276. The lowest BCUT2D eigenvalue weighted by Gasteiger charge is -2.12. The van der Waals surface area contributed by atoms with Crippen LogP contribution in [0.4, 0.5) is 0 Å². The van der Waals surface area contributed by atoms with E-state index in [1.807, 2.05) is 24.3 Å². The second-order valence-corrected chi connectivity index (χ2v) is 7.10. The van der Waals surface area contributed by atoms with Gasteiger partial charge in [0.15, 0.2) is 0 Å². The molecule has 0 bridgehead atoms. The number of allylic oxidation sites excluding steroid dienone is 3. The topological polar surface area (TPSA) is 34.1 Å². The fraction of sp³-hybridized carbons (Fsp3) is 0.500. The second kappa shape index (κ2) is 7.80. The van der Waals surface area contributed by atoms with Crippen molar-refractivity contribution in [1.29, 1.82) is 0 Å². The Hall–Kier alpha value is -1.32. The van der Waals surface area contributed by atoms with E-state index in [-0.39, 0.29) is 5.41 Å². The average Bonchev–Trinajstić information content (AvgIpc) is 2.96. The lowest BCUT2D eigenvalue weighted by Crippen LogP contribution is -2.28. The third-order valence-corrected chi connectivity index (χ3v) is 3.75. The quantitative estimate of drug-likeness (QED) is 0.641. The number of pyridine rings is 1. The van der Waals surface area contributed by atoms with Gasteiger partial charge in [-0.2, -0.15) is 0 Å². The fourth-order valence-corrected chi connectivity index (χ4v) is 2.41. The molecule has 1 aromatic heterocycles. The third-order valence-electron chi connectivity index (χ3n) is 3.44. The molecule has 0 aliphatic carbocycles. The fourth-order valence-electron chi connectivity index (χ4n) is 2.24. The molecular weight excluding hydrogens is 296 g/mol. The van der Waals surface area contributed by atoms with E-state index in [4.69, 9.17) is 16.3 Å². The van der Waals surface area contributed by atoms with Crippen LogP contribution in [0.5, 0.6) is 5.75 Å². The van der Waals surface area contributed by atoms with E-state index in [9.17, 15) is 0 Å². The maximum atomic E-state index is 6.14. The van der Waals surface area contributed by atoms with Gasteiger partial charge in [-0.05, 0) is 30.9 Å². The summed E-state index contributed by atoms with van der Waals surface area (Å²) >= 11 is 6.14. The first kappa shape index (κ1) is 17.0. The monoisotopic (exact) mass is 320 g/mol. The zero-order valence-electron chi connectivity index (χ0n) is 13.6. The van der Waals surface area contributed by atoms with Gasteiger partial charge in [0.05, 0.1) is 6.20 Å². The molecule has 1 aliphatic heterocycles. The van der Waals surface area contributed by atoms with E-state index < -0.39 is 0 Å². The van der Waals surface area contributed by atoms with Crippen LogP contribution >= 0.6 is 11.6 Å². The van der Waals surface area contributed by atoms with E-state index in [1.165, 1.54) is 12.8 Å². The van der Waals surface area contributed by atoms with Crippen molar-refractivity contribution in [2.75, 3.05) is 13.2 Å². The number of ether oxygens (including phenoxy) is 1. The number of nitrogens with zero attached hydrogens (tertiary/aromatic N) is 1. The van der Waals surface area contributed by atoms with Crippen molar-refractivity contribution in [3.63, 3.8) is 0 Å². The van der Waals surface area contributed by atoms with Gasteiger partial charge in [-0.15, -0.1) is 0 Å². The summed E-state index contributed by atoms with van der Waals surface area (Å²) in [6.07, 6.45) is 12.2. The highest BCUT2D eigenvalue weighted by Crippen LogP contribution is 2.21. The largest absolute Gasteiger partial charge is 0.490 e. The van der Waals surface area contributed by atoms with Gasteiger partial charge in [0.25, 0.3) is 0 Å². The molecule has 2 rings (SSSR count). The zero-order valence-corrected chi connectivity index (χ0v) is 14.4. The zero-order chi connectivity index (χ0) is 16.0. The van der Waals surface area contributed by atoms with Crippen molar-refractivity contribution < 1.29 is 4.74 Å². The Kier molecular flexibility index (Phi) is 6.04. The van der Waals surface area contributed by atoms with Crippen LogP contribution in [0, 0.1) is 5.41 Å². The normalized spacial score (nSPS) is 19.4. The molecular formula is C18H25ClN2O. The molecule has 0 saturated carbocycles. The SMILES string of the molecule is CC(C)(C)C=CC=Cc1cc(OCC2CCCN2)cnc1Cl. The van der Waals surface area contributed by atoms with Crippen molar-refractivity contribution in [1.82, 2.24) is 10.3 Å². The first-order chi connectivity index (χ1) is 10.4. The van der Waals surface area contributed by atoms with Gasteiger partial charge in [-0.3, -0.25) is 0 Å². The van der Waals surface area contributed by atoms with E-state index in [2.05, 4.69) is 37.1 Å². The Morgan fingerprint density at radius 2 is 2.23 bits per heavy atom. The van der Waals surface area contributed by atoms with Crippen LogP contribution in [-0.4, -0.2) is 24.2 Å². The van der Waals surface area contributed by atoms with Crippen LogP contribution < -0.4 is 10.1 Å². The van der Waals surface area contributed by atoms with Crippen molar-refractivity contribution in [3.8, 4) is 5.75 Å². The Labute approximate surface area is 138 Å². The molecule has 1 saturated heterocycles. The molecule has 120 valence electrons. The minimum Gasteiger partial charge on any atom is -0.490 e. The van der Waals surface area contributed by atoms with Gasteiger partial charge < -0.3 is 10.1 Å². The predicted octanol–water partition coefficient (Wildman–Crippen LogP) is 4.48. The summed E-state index contributed by atoms with van der Waals surface area (Å²) in [5.74, 6) is 0.762. The smallest absolute Gasteiger partial charge is 0.138 e. The molecule has 22 heavy (non-hydrogen) atoms. The molecule has 0 radical (unpaired) electrons. The van der Waals surface area contributed by atoms with Crippen molar-refractivity contribution in [2.45, 2.75) is 39.7 Å². The maximum absolute atomic E-state index is 6.14. The van der Waals surface area contributed by atoms with Crippen LogP contribution in [-0.2, 0) is 0 Å². The molecule has 2 heterocycles. The van der Waals surface area contributed by atoms with Gasteiger partial charge in [-0.25, -0.2) is 4.98 Å². The minimum absolute atomic E-state index is 0.172. The van der Waals surface area contributed by atoms with Gasteiger partial charge in [0, 0.05) is 11.6 Å². The van der Waals surface area contributed by atoms with Gasteiger partial charge in [0.1, 0.15) is 17.5 Å². The summed E-state index contributed by atoms with van der Waals surface area (Å²) in [5.41, 5.74) is 1.04.